The predicted molar refractivity (Wildman–Crippen MR) is 93.4 cm³/mol. The van der Waals surface area contributed by atoms with Gasteiger partial charge in [0.25, 0.3) is 5.91 Å². The van der Waals surface area contributed by atoms with Crippen LogP contribution in [0.5, 0.6) is 5.75 Å². The van der Waals surface area contributed by atoms with Crippen LogP contribution in [0.3, 0.4) is 0 Å². The van der Waals surface area contributed by atoms with Gasteiger partial charge < -0.3 is 20.1 Å². The smallest absolute Gasteiger partial charge is 0.260 e. The molecule has 5 rings (SSSR count). The van der Waals surface area contributed by atoms with E-state index in [-0.39, 0.29) is 30.7 Å². The van der Waals surface area contributed by atoms with Crippen LogP contribution in [-0.4, -0.2) is 53.7 Å². The quantitative estimate of drug-likeness (QED) is 0.776. The van der Waals surface area contributed by atoms with E-state index in [1.54, 1.807) is 6.20 Å². The van der Waals surface area contributed by atoms with Gasteiger partial charge in [0.15, 0.2) is 6.61 Å². The van der Waals surface area contributed by atoms with Crippen LogP contribution in [0.1, 0.15) is 50.0 Å². The third kappa shape index (κ3) is 3.51. The van der Waals surface area contributed by atoms with Crippen LogP contribution in [-0.2, 0) is 9.53 Å². The van der Waals surface area contributed by atoms with Gasteiger partial charge in [-0.3, -0.25) is 9.78 Å². The zero-order valence-corrected chi connectivity index (χ0v) is 14.6. The number of hydrogen-bond acceptors (Lipinski definition) is 5. The van der Waals surface area contributed by atoms with Crippen molar-refractivity contribution in [2.45, 2.75) is 62.6 Å². The normalized spacial score (nSPS) is 33.3. The third-order valence-corrected chi connectivity index (χ3v) is 5.94. The van der Waals surface area contributed by atoms with Crippen LogP contribution in [0.2, 0.25) is 0 Å². The molecule has 2 fully saturated rings. The zero-order chi connectivity index (χ0) is 17.2. The molecule has 1 aliphatic carbocycles. The fourth-order valence-corrected chi connectivity index (χ4v) is 4.46. The molecule has 25 heavy (non-hydrogen) atoms. The van der Waals surface area contributed by atoms with Crippen LogP contribution in [0.25, 0.3) is 0 Å². The molecule has 1 aromatic heterocycles. The molecular formula is C19H27N3O3. The van der Waals surface area contributed by atoms with Crippen LogP contribution in [0.15, 0.2) is 18.5 Å². The van der Waals surface area contributed by atoms with Crippen molar-refractivity contribution in [2.75, 3.05) is 19.8 Å². The first-order valence-corrected chi connectivity index (χ1v) is 9.45. The van der Waals surface area contributed by atoms with Crippen molar-refractivity contribution in [1.82, 2.24) is 9.88 Å². The Morgan fingerprint density at radius 3 is 2.88 bits per heavy atom. The van der Waals surface area contributed by atoms with Gasteiger partial charge in [0.2, 0.25) is 0 Å². The van der Waals surface area contributed by atoms with Gasteiger partial charge in [0.05, 0.1) is 24.9 Å². The molecule has 4 heterocycles. The number of nitrogens with zero attached hydrogens (tertiary/aromatic N) is 2. The van der Waals surface area contributed by atoms with E-state index in [0.29, 0.717) is 12.5 Å². The third-order valence-electron chi connectivity index (χ3n) is 5.94. The standard InChI is InChI=1S/C19H27N3O3/c20-16-2-1-9-22-17(16)11-24-14-5-3-13(4-6-14)15-7-8-21-10-18(15)25-12-19(22)23/h7-8,10,13-14,16-17H,1-6,9,11-12,20H2/t13-,14+,16?,17?. The van der Waals surface area contributed by atoms with E-state index in [4.69, 9.17) is 15.2 Å². The van der Waals surface area contributed by atoms with Gasteiger partial charge in [-0.15, -0.1) is 0 Å². The average molecular weight is 345 g/mol. The number of hydrogen-bond donors (Lipinski definition) is 1. The average Bonchev–Trinajstić information content (AvgIpc) is 2.66. The first kappa shape index (κ1) is 16.8. The number of piperidine rings is 1. The summed E-state index contributed by atoms with van der Waals surface area (Å²) < 4.78 is 12.1. The van der Waals surface area contributed by atoms with Gasteiger partial charge in [-0.25, -0.2) is 0 Å². The Balaban J connectivity index is 1.61. The van der Waals surface area contributed by atoms with E-state index in [1.165, 1.54) is 5.56 Å². The highest BCUT2D eigenvalue weighted by molar-refractivity contribution is 5.78. The van der Waals surface area contributed by atoms with Crippen molar-refractivity contribution in [3.8, 4) is 5.75 Å². The van der Waals surface area contributed by atoms with E-state index in [2.05, 4.69) is 4.98 Å². The number of aromatic nitrogens is 1. The molecule has 1 saturated carbocycles. The van der Waals surface area contributed by atoms with Gasteiger partial charge in [-0.05, 0) is 50.5 Å². The Hall–Kier alpha value is -1.66. The maximum absolute atomic E-state index is 12.8. The number of nitrogens with two attached hydrogens (primary N) is 1. The first-order valence-electron chi connectivity index (χ1n) is 9.45. The van der Waals surface area contributed by atoms with Crippen LogP contribution < -0.4 is 10.5 Å². The Bertz CT molecular complexity index is 616. The molecule has 0 radical (unpaired) electrons. The largest absolute Gasteiger partial charge is 0.482 e. The highest BCUT2D eigenvalue weighted by Gasteiger charge is 2.34. The molecule has 1 saturated heterocycles. The molecule has 3 aliphatic heterocycles. The summed E-state index contributed by atoms with van der Waals surface area (Å²) in [5, 5.41) is 0. The van der Waals surface area contributed by atoms with Crippen molar-refractivity contribution >= 4 is 5.91 Å². The summed E-state index contributed by atoms with van der Waals surface area (Å²) in [4.78, 5) is 18.8. The lowest BCUT2D eigenvalue weighted by molar-refractivity contribution is -0.140. The van der Waals surface area contributed by atoms with E-state index in [0.717, 1.165) is 50.8 Å². The molecule has 4 aliphatic rings. The van der Waals surface area contributed by atoms with E-state index in [1.807, 2.05) is 17.2 Å². The molecule has 2 unspecified atom stereocenters. The fraction of sp³-hybridized carbons (Fsp3) is 0.684. The molecule has 1 aromatic rings. The molecule has 6 nitrogen and oxygen atoms in total. The summed E-state index contributed by atoms with van der Waals surface area (Å²) in [6.45, 7) is 1.31. The number of carbonyl (C=O) groups is 1. The Morgan fingerprint density at radius 2 is 2.04 bits per heavy atom. The summed E-state index contributed by atoms with van der Waals surface area (Å²) >= 11 is 0. The van der Waals surface area contributed by atoms with Gasteiger partial charge in [-0.1, -0.05) is 0 Å². The molecular weight excluding hydrogens is 318 g/mol. The lowest BCUT2D eigenvalue weighted by Crippen LogP contribution is -2.57. The molecule has 6 heteroatoms. The van der Waals surface area contributed by atoms with Crippen LogP contribution in [0, 0.1) is 0 Å². The molecule has 2 bridgehead atoms. The Morgan fingerprint density at radius 1 is 1.20 bits per heavy atom. The maximum Gasteiger partial charge on any atom is 0.260 e. The van der Waals surface area contributed by atoms with Gasteiger partial charge in [-0.2, -0.15) is 0 Å². The first-order chi connectivity index (χ1) is 12.2. The number of fused-ring (bicyclic) bond motifs is 5. The van der Waals surface area contributed by atoms with Crippen LogP contribution in [0.4, 0.5) is 0 Å². The minimum Gasteiger partial charge on any atom is -0.482 e. The molecule has 2 N–H and O–H groups in total. The lowest BCUT2D eigenvalue weighted by atomic mass is 9.82. The number of carbonyl (C=O) groups excluding carboxylic acids is 1. The van der Waals surface area contributed by atoms with Crippen molar-refractivity contribution < 1.29 is 14.3 Å². The molecule has 136 valence electrons. The Labute approximate surface area is 148 Å². The second-order valence-corrected chi connectivity index (χ2v) is 7.47. The highest BCUT2D eigenvalue weighted by Crippen LogP contribution is 2.38. The summed E-state index contributed by atoms with van der Waals surface area (Å²) in [6, 6.07) is 1.97. The number of pyridine rings is 1. The van der Waals surface area contributed by atoms with E-state index < -0.39 is 0 Å². The molecule has 0 aromatic carbocycles. The van der Waals surface area contributed by atoms with E-state index >= 15 is 0 Å². The lowest BCUT2D eigenvalue weighted by Gasteiger charge is -2.40. The van der Waals surface area contributed by atoms with E-state index in [9.17, 15) is 4.79 Å². The summed E-state index contributed by atoms with van der Waals surface area (Å²) in [7, 11) is 0. The van der Waals surface area contributed by atoms with Crippen molar-refractivity contribution in [3.05, 3.63) is 24.0 Å². The summed E-state index contributed by atoms with van der Waals surface area (Å²) in [5.74, 6) is 1.20. The number of ether oxygens (including phenoxy) is 2. The maximum atomic E-state index is 12.8. The highest BCUT2D eigenvalue weighted by atomic mass is 16.5. The molecule has 2 atom stereocenters. The second-order valence-electron chi connectivity index (χ2n) is 7.47. The van der Waals surface area contributed by atoms with Gasteiger partial charge in [0, 0.05) is 24.3 Å². The molecule has 0 spiro atoms. The zero-order valence-electron chi connectivity index (χ0n) is 14.6. The molecule has 1 amide bonds. The van der Waals surface area contributed by atoms with Gasteiger partial charge >= 0.3 is 0 Å². The second kappa shape index (κ2) is 7.30. The number of amides is 1. The summed E-state index contributed by atoms with van der Waals surface area (Å²) in [6.07, 6.45) is 9.96. The van der Waals surface area contributed by atoms with Crippen molar-refractivity contribution in [1.29, 1.82) is 0 Å². The SMILES string of the molecule is NC1CCCN2C(=O)COc3cnccc3[C@H]3CC[C@H](CC3)OCC12. The van der Waals surface area contributed by atoms with Crippen molar-refractivity contribution in [2.24, 2.45) is 5.73 Å². The minimum absolute atomic E-state index is 0.00912. The topological polar surface area (TPSA) is 77.7 Å². The van der Waals surface area contributed by atoms with Crippen LogP contribution >= 0.6 is 0 Å². The minimum atomic E-state index is -0.0447. The predicted octanol–water partition coefficient (Wildman–Crippen LogP) is 1.84. The fourth-order valence-electron chi connectivity index (χ4n) is 4.46. The Kier molecular flexibility index (Phi) is 4.90. The number of rotatable bonds is 0. The summed E-state index contributed by atoms with van der Waals surface area (Å²) in [5.41, 5.74) is 7.49. The monoisotopic (exact) mass is 345 g/mol. The van der Waals surface area contributed by atoms with Gasteiger partial charge in [0.1, 0.15) is 5.75 Å². The van der Waals surface area contributed by atoms with Crippen molar-refractivity contribution in [3.63, 3.8) is 0 Å².